The second kappa shape index (κ2) is 8.87. The fourth-order valence-corrected chi connectivity index (χ4v) is 4.44. The van der Waals surface area contributed by atoms with E-state index >= 15 is 0 Å². The van der Waals surface area contributed by atoms with Crippen molar-refractivity contribution in [2.24, 2.45) is 5.92 Å². The van der Waals surface area contributed by atoms with E-state index < -0.39 is 29.5 Å². The summed E-state index contributed by atoms with van der Waals surface area (Å²) in [5.74, 6) is -4.73. The van der Waals surface area contributed by atoms with Gasteiger partial charge < -0.3 is 0 Å². The standard InChI is InChI=1S/C24H23F9/c1-2-15-3-5-16(6-4-15)17-7-9-18(10-8-17)19-11-13-20(14-12-19)21(25,26)22(27,23(28,29)30)24(31,32)33/h7-16H,2-6H2,1H3. The first-order valence-electron chi connectivity index (χ1n) is 10.6. The monoisotopic (exact) mass is 482 g/mol. The highest BCUT2D eigenvalue weighted by Gasteiger charge is 2.84. The first kappa shape index (κ1) is 25.4. The SMILES string of the molecule is CCC1CCC(c2ccc(-c3ccc(C(F)(F)C(F)(C(F)(F)F)C(F)(F)F)cc3)cc2)CC1. The molecular formula is C24H23F9. The molecule has 0 amide bonds. The molecule has 0 atom stereocenters. The summed E-state index contributed by atoms with van der Waals surface area (Å²) in [6.07, 6.45) is -8.17. The molecule has 0 unspecified atom stereocenters. The van der Waals surface area contributed by atoms with E-state index in [0.29, 0.717) is 29.2 Å². The van der Waals surface area contributed by atoms with Crippen molar-refractivity contribution in [3.8, 4) is 11.1 Å². The summed E-state index contributed by atoms with van der Waals surface area (Å²) >= 11 is 0. The number of hydrogen-bond donors (Lipinski definition) is 0. The molecule has 33 heavy (non-hydrogen) atoms. The quantitative estimate of drug-likeness (QED) is 0.373. The normalized spacial score (nSPS) is 20.7. The first-order valence-corrected chi connectivity index (χ1v) is 10.6. The lowest BCUT2D eigenvalue weighted by molar-refractivity contribution is -0.400. The van der Waals surface area contributed by atoms with Gasteiger partial charge in [0.05, 0.1) is 0 Å². The molecule has 182 valence electrons. The van der Waals surface area contributed by atoms with Gasteiger partial charge in [0.25, 0.3) is 0 Å². The Kier molecular flexibility index (Phi) is 6.84. The lowest BCUT2D eigenvalue weighted by Gasteiger charge is -2.36. The summed E-state index contributed by atoms with van der Waals surface area (Å²) in [6.45, 7) is 2.17. The van der Waals surface area contributed by atoms with Crippen LogP contribution in [0.25, 0.3) is 11.1 Å². The molecule has 0 nitrogen and oxygen atoms in total. The maximum absolute atomic E-state index is 14.2. The summed E-state index contributed by atoms with van der Waals surface area (Å²) in [7, 11) is 0. The average Bonchev–Trinajstić information content (AvgIpc) is 2.77. The zero-order chi connectivity index (χ0) is 24.7. The molecule has 0 saturated heterocycles. The van der Waals surface area contributed by atoms with Gasteiger partial charge in [-0.15, -0.1) is 0 Å². The Bertz CT molecular complexity index is 902. The highest BCUT2D eigenvalue weighted by molar-refractivity contribution is 5.64. The van der Waals surface area contributed by atoms with Gasteiger partial charge in [-0.3, -0.25) is 0 Å². The van der Waals surface area contributed by atoms with Crippen LogP contribution in [0.3, 0.4) is 0 Å². The molecule has 1 aliphatic rings. The molecule has 0 aliphatic heterocycles. The van der Waals surface area contributed by atoms with E-state index in [9.17, 15) is 39.5 Å². The van der Waals surface area contributed by atoms with Gasteiger partial charge >= 0.3 is 23.9 Å². The number of rotatable bonds is 5. The van der Waals surface area contributed by atoms with Gasteiger partial charge in [0, 0.05) is 5.56 Å². The van der Waals surface area contributed by atoms with Gasteiger partial charge in [0.15, 0.2) is 0 Å². The van der Waals surface area contributed by atoms with E-state index in [1.165, 1.54) is 0 Å². The molecule has 0 N–H and O–H groups in total. The smallest absolute Gasteiger partial charge is 0.216 e. The van der Waals surface area contributed by atoms with Crippen molar-refractivity contribution in [3.63, 3.8) is 0 Å². The zero-order valence-corrected chi connectivity index (χ0v) is 17.7. The third-order valence-corrected chi connectivity index (χ3v) is 6.60. The maximum Gasteiger partial charge on any atom is 0.438 e. The van der Waals surface area contributed by atoms with Crippen LogP contribution < -0.4 is 0 Å². The first-order chi connectivity index (χ1) is 15.2. The second-order valence-electron chi connectivity index (χ2n) is 8.55. The van der Waals surface area contributed by atoms with Crippen LogP contribution in [0.5, 0.6) is 0 Å². The molecule has 0 spiro atoms. The van der Waals surface area contributed by atoms with E-state index in [-0.39, 0.29) is 0 Å². The van der Waals surface area contributed by atoms with E-state index in [1.54, 1.807) is 12.1 Å². The summed E-state index contributed by atoms with van der Waals surface area (Å²) in [5.41, 5.74) is -6.46. The summed E-state index contributed by atoms with van der Waals surface area (Å²) < 4.78 is 119. The van der Waals surface area contributed by atoms with Gasteiger partial charge in [-0.05, 0) is 54.2 Å². The van der Waals surface area contributed by atoms with Gasteiger partial charge in [0.2, 0.25) is 0 Å². The fraction of sp³-hybridized carbons (Fsp3) is 0.500. The van der Waals surface area contributed by atoms with Gasteiger partial charge in [-0.2, -0.15) is 35.1 Å². The highest BCUT2D eigenvalue weighted by atomic mass is 19.4. The molecule has 0 bridgehead atoms. The van der Waals surface area contributed by atoms with E-state index in [4.69, 9.17) is 0 Å². The zero-order valence-electron chi connectivity index (χ0n) is 17.7. The van der Waals surface area contributed by atoms with Crippen molar-refractivity contribution in [1.29, 1.82) is 0 Å². The maximum atomic E-state index is 14.2. The average molecular weight is 482 g/mol. The Morgan fingerprint density at radius 3 is 1.45 bits per heavy atom. The molecule has 1 aliphatic carbocycles. The summed E-state index contributed by atoms with van der Waals surface area (Å²) in [6, 6.07) is 9.90. The second-order valence-corrected chi connectivity index (χ2v) is 8.55. The molecule has 0 heterocycles. The van der Waals surface area contributed by atoms with Crippen LogP contribution in [0.4, 0.5) is 39.5 Å². The van der Waals surface area contributed by atoms with Crippen molar-refractivity contribution in [2.45, 2.75) is 68.9 Å². The summed E-state index contributed by atoms with van der Waals surface area (Å²) in [5, 5.41) is 0. The third-order valence-electron chi connectivity index (χ3n) is 6.60. The van der Waals surface area contributed by atoms with E-state index in [0.717, 1.165) is 55.7 Å². The Balaban J connectivity index is 1.82. The molecule has 3 rings (SSSR count). The third kappa shape index (κ3) is 4.60. The lowest BCUT2D eigenvalue weighted by Crippen LogP contribution is -2.63. The number of halogens is 9. The molecule has 2 aromatic rings. The van der Waals surface area contributed by atoms with Crippen molar-refractivity contribution >= 4 is 0 Å². The molecular weight excluding hydrogens is 459 g/mol. The van der Waals surface area contributed by atoms with Crippen molar-refractivity contribution in [2.75, 3.05) is 0 Å². The predicted octanol–water partition coefficient (Wildman–Crippen LogP) is 8.96. The Hall–Kier alpha value is -2.19. The summed E-state index contributed by atoms with van der Waals surface area (Å²) in [4.78, 5) is 0. The van der Waals surface area contributed by atoms with Gasteiger partial charge in [0.1, 0.15) is 0 Å². The van der Waals surface area contributed by atoms with Crippen LogP contribution in [0, 0.1) is 5.92 Å². The number of benzene rings is 2. The lowest BCUT2D eigenvalue weighted by atomic mass is 9.77. The van der Waals surface area contributed by atoms with Crippen LogP contribution in [-0.2, 0) is 5.92 Å². The van der Waals surface area contributed by atoms with Crippen LogP contribution in [-0.4, -0.2) is 18.0 Å². The topological polar surface area (TPSA) is 0 Å². The minimum Gasteiger partial charge on any atom is -0.216 e. The fourth-order valence-electron chi connectivity index (χ4n) is 4.44. The Morgan fingerprint density at radius 2 is 1.06 bits per heavy atom. The molecule has 0 aromatic heterocycles. The van der Waals surface area contributed by atoms with Crippen LogP contribution in [0.2, 0.25) is 0 Å². The van der Waals surface area contributed by atoms with Gasteiger partial charge in [-0.25, -0.2) is 4.39 Å². The van der Waals surface area contributed by atoms with Crippen LogP contribution >= 0.6 is 0 Å². The number of hydrogen-bond acceptors (Lipinski definition) is 0. The Morgan fingerprint density at radius 1 is 0.636 bits per heavy atom. The van der Waals surface area contributed by atoms with E-state index in [2.05, 4.69) is 6.92 Å². The van der Waals surface area contributed by atoms with Crippen LogP contribution in [0.1, 0.15) is 56.1 Å². The molecule has 0 radical (unpaired) electrons. The van der Waals surface area contributed by atoms with Crippen molar-refractivity contribution in [1.82, 2.24) is 0 Å². The molecule has 1 fully saturated rings. The van der Waals surface area contributed by atoms with Gasteiger partial charge in [-0.1, -0.05) is 61.9 Å². The minimum absolute atomic E-state index is 0.305. The Labute approximate surface area is 185 Å². The van der Waals surface area contributed by atoms with E-state index in [1.807, 2.05) is 12.1 Å². The predicted molar refractivity (Wildman–Crippen MR) is 107 cm³/mol. The minimum atomic E-state index is -6.86. The van der Waals surface area contributed by atoms with Crippen molar-refractivity contribution in [3.05, 3.63) is 59.7 Å². The highest BCUT2D eigenvalue weighted by Crippen LogP contribution is 2.58. The molecule has 9 heteroatoms. The van der Waals surface area contributed by atoms with Crippen LogP contribution in [0.15, 0.2) is 48.5 Å². The van der Waals surface area contributed by atoms with Crippen molar-refractivity contribution < 1.29 is 39.5 Å². The number of alkyl halides is 9. The molecule has 1 saturated carbocycles. The largest absolute Gasteiger partial charge is 0.438 e. The molecule has 2 aromatic carbocycles.